The van der Waals surface area contributed by atoms with Crippen molar-refractivity contribution in [2.75, 3.05) is 20.6 Å². The molecule has 12 heavy (non-hydrogen) atoms. The van der Waals surface area contributed by atoms with Crippen LogP contribution in [-0.4, -0.2) is 48.7 Å². The second kappa shape index (κ2) is 4.64. The number of β-amino-alcohol motifs (C(OH)–C–C–N with tert-alkyl or cyclic N) is 1. The highest BCUT2D eigenvalue weighted by atomic mass is 35.5. The van der Waals surface area contributed by atoms with Crippen molar-refractivity contribution in [2.45, 2.75) is 18.6 Å². The summed E-state index contributed by atoms with van der Waals surface area (Å²) in [5.74, 6) is 0.0431. The maximum absolute atomic E-state index is 11.2. The van der Waals surface area contributed by atoms with Crippen LogP contribution in [0, 0.1) is 0 Å². The number of aliphatic hydroxyl groups excluding tert-OH is 1. The molecular formula is C7H15ClN2O2. The van der Waals surface area contributed by atoms with Crippen molar-refractivity contribution < 1.29 is 9.90 Å². The first-order chi connectivity index (χ1) is 5.11. The lowest BCUT2D eigenvalue weighted by Gasteiger charge is -2.15. The predicted molar refractivity (Wildman–Crippen MR) is 48.4 cm³/mol. The van der Waals surface area contributed by atoms with E-state index in [1.807, 2.05) is 0 Å². The summed E-state index contributed by atoms with van der Waals surface area (Å²) in [5, 5.41) is 12.0. The number of hydrogen-bond donors (Lipinski definition) is 2. The van der Waals surface area contributed by atoms with E-state index in [2.05, 4.69) is 5.32 Å². The zero-order chi connectivity index (χ0) is 8.43. The van der Waals surface area contributed by atoms with E-state index >= 15 is 0 Å². The number of carbonyl (C=O) groups excluding carboxylic acids is 1. The van der Waals surface area contributed by atoms with Gasteiger partial charge >= 0.3 is 0 Å². The molecule has 1 amide bonds. The van der Waals surface area contributed by atoms with Crippen LogP contribution in [0.1, 0.15) is 6.42 Å². The Bertz CT molecular complexity index is 163. The van der Waals surface area contributed by atoms with Gasteiger partial charge < -0.3 is 15.3 Å². The minimum absolute atomic E-state index is 0. The van der Waals surface area contributed by atoms with Gasteiger partial charge in [-0.25, -0.2) is 0 Å². The number of rotatable bonds is 1. The first-order valence-electron chi connectivity index (χ1n) is 3.74. The Morgan fingerprint density at radius 2 is 2.17 bits per heavy atom. The predicted octanol–water partition coefficient (Wildman–Crippen LogP) is -0.781. The molecule has 0 aromatic rings. The van der Waals surface area contributed by atoms with Crippen molar-refractivity contribution in [3.8, 4) is 0 Å². The Morgan fingerprint density at radius 1 is 1.58 bits per heavy atom. The van der Waals surface area contributed by atoms with Crippen LogP contribution in [0.25, 0.3) is 0 Å². The second-order valence-corrected chi connectivity index (χ2v) is 3.08. The van der Waals surface area contributed by atoms with Gasteiger partial charge in [-0.2, -0.15) is 0 Å². The van der Waals surface area contributed by atoms with E-state index in [4.69, 9.17) is 5.11 Å². The van der Waals surface area contributed by atoms with Crippen LogP contribution in [0.4, 0.5) is 0 Å². The van der Waals surface area contributed by atoms with Crippen LogP contribution in [-0.2, 0) is 4.79 Å². The monoisotopic (exact) mass is 194 g/mol. The number of nitrogens with one attached hydrogen (secondary N) is 1. The quantitative estimate of drug-likeness (QED) is 0.576. The molecule has 4 nitrogen and oxygen atoms in total. The third kappa shape index (κ3) is 2.62. The summed E-state index contributed by atoms with van der Waals surface area (Å²) in [6.45, 7) is 0.532. The summed E-state index contributed by atoms with van der Waals surface area (Å²) in [6.07, 6.45) is 0.181. The number of carbonyl (C=O) groups is 1. The van der Waals surface area contributed by atoms with E-state index in [1.54, 1.807) is 14.1 Å². The van der Waals surface area contributed by atoms with E-state index in [9.17, 15) is 4.79 Å². The SMILES string of the molecule is CN(C)C(=O)[C@@H]1CC(O)CN1.Cl. The van der Waals surface area contributed by atoms with Gasteiger partial charge in [0.05, 0.1) is 12.1 Å². The van der Waals surface area contributed by atoms with Crippen molar-refractivity contribution in [1.82, 2.24) is 10.2 Å². The van der Waals surface area contributed by atoms with Gasteiger partial charge in [0.15, 0.2) is 0 Å². The van der Waals surface area contributed by atoms with Crippen molar-refractivity contribution in [1.29, 1.82) is 0 Å². The normalized spacial score (nSPS) is 27.9. The second-order valence-electron chi connectivity index (χ2n) is 3.08. The van der Waals surface area contributed by atoms with Crippen molar-refractivity contribution in [3.63, 3.8) is 0 Å². The number of nitrogens with zero attached hydrogens (tertiary/aromatic N) is 1. The van der Waals surface area contributed by atoms with Crippen LogP contribution in [0.2, 0.25) is 0 Å². The molecule has 0 aromatic carbocycles. The molecule has 72 valence electrons. The van der Waals surface area contributed by atoms with Crippen LogP contribution in [0.3, 0.4) is 0 Å². The lowest BCUT2D eigenvalue weighted by Crippen LogP contribution is -2.39. The average Bonchev–Trinajstić information content (AvgIpc) is 2.34. The number of halogens is 1. The summed E-state index contributed by atoms with van der Waals surface area (Å²) in [7, 11) is 3.43. The summed E-state index contributed by atoms with van der Waals surface area (Å²) in [5.41, 5.74) is 0. The Kier molecular flexibility index (Phi) is 4.52. The van der Waals surface area contributed by atoms with E-state index in [0.29, 0.717) is 13.0 Å². The largest absolute Gasteiger partial charge is 0.392 e. The zero-order valence-electron chi connectivity index (χ0n) is 7.28. The Labute approximate surface area is 78.3 Å². The molecule has 2 N–H and O–H groups in total. The molecule has 0 spiro atoms. The highest BCUT2D eigenvalue weighted by Gasteiger charge is 2.28. The molecule has 1 unspecified atom stereocenters. The van der Waals surface area contributed by atoms with Gasteiger partial charge in [0.1, 0.15) is 0 Å². The molecule has 1 rings (SSSR count). The maximum atomic E-state index is 11.2. The maximum Gasteiger partial charge on any atom is 0.239 e. The molecule has 0 bridgehead atoms. The molecule has 1 fully saturated rings. The summed E-state index contributed by atoms with van der Waals surface area (Å²) < 4.78 is 0. The highest BCUT2D eigenvalue weighted by Crippen LogP contribution is 2.07. The number of hydrogen-bond acceptors (Lipinski definition) is 3. The van der Waals surface area contributed by atoms with E-state index < -0.39 is 0 Å². The van der Waals surface area contributed by atoms with Gasteiger partial charge in [-0.05, 0) is 6.42 Å². The molecule has 1 saturated heterocycles. The zero-order valence-corrected chi connectivity index (χ0v) is 8.10. The Morgan fingerprint density at radius 3 is 2.50 bits per heavy atom. The van der Waals surface area contributed by atoms with E-state index in [0.717, 1.165) is 0 Å². The van der Waals surface area contributed by atoms with Gasteiger partial charge in [0.2, 0.25) is 5.91 Å². The van der Waals surface area contributed by atoms with Gasteiger partial charge in [-0.1, -0.05) is 0 Å². The van der Waals surface area contributed by atoms with Crippen LogP contribution >= 0.6 is 12.4 Å². The van der Waals surface area contributed by atoms with Crippen molar-refractivity contribution in [3.05, 3.63) is 0 Å². The fourth-order valence-corrected chi connectivity index (χ4v) is 1.22. The van der Waals surface area contributed by atoms with E-state index in [-0.39, 0.29) is 30.5 Å². The van der Waals surface area contributed by atoms with Crippen molar-refractivity contribution >= 4 is 18.3 Å². The molecule has 1 aliphatic heterocycles. The molecule has 0 saturated carbocycles. The fraction of sp³-hybridized carbons (Fsp3) is 0.857. The third-order valence-electron chi connectivity index (χ3n) is 1.85. The van der Waals surface area contributed by atoms with Crippen LogP contribution in [0.5, 0.6) is 0 Å². The smallest absolute Gasteiger partial charge is 0.239 e. The topological polar surface area (TPSA) is 52.6 Å². The van der Waals surface area contributed by atoms with Crippen molar-refractivity contribution in [2.24, 2.45) is 0 Å². The number of aliphatic hydroxyl groups is 1. The molecule has 2 atom stereocenters. The first kappa shape index (κ1) is 11.7. The van der Waals surface area contributed by atoms with E-state index in [1.165, 1.54) is 4.90 Å². The third-order valence-corrected chi connectivity index (χ3v) is 1.85. The summed E-state index contributed by atoms with van der Waals surface area (Å²) in [4.78, 5) is 12.8. The molecule has 0 radical (unpaired) electrons. The standard InChI is InChI=1S/C7H14N2O2.ClH/c1-9(2)7(11)6-3-5(10)4-8-6;/h5-6,8,10H,3-4H2,1-2H3;1H/t5?,6-;/m0./s1. The molecule has 5 heteroatoms. The van der Waals surface area contributed by atoms with Gasteiger partial charge in [0, 0.05) is 20.6 Å². The molecule has 0 aromatic heterocycles. The summed E-state index contributed by atoms with van der Waals surface area (Å²) >= 11 is 0. The summed E-state index contributed by atoms with van der Waals surface area (Å²) in [6, 6.07) is -0.181. The Hall–Kier alpha value is -0.320. The molecular weight excluding hydrogens is 180 g/mol. The minimum atomic E-state index is -0.358. The molecule has 1 heterocycles. The molecule has 0 aliphatic carbocycles. The number of likely N-dealkylation sites (N-methyl/N-ethyl adjacent to an activating group) is 1. The highest BCUT2D eigenvalue weighted by molar-refractivity contribution is 5.85. The fourth-order valence-electron chi connectivity index (χ4n) is 1.22. The van der Waals surface area contributed by atoms with Gasteiger partial charge in [-0.15, -0.1) is 12.4 Å². The number of amides is 1. The van der Waals surface area contributed by atoms with Crippen LogP contribution in [0.15, 0.2) is 0 Å². The van der Waals surface area contributed by atoms with Crippen LogP contribution < -0.4 is 5.32 Å². The lowest BCUT2D eigenvalue weighted by molar-refractivity contribution is -0.130. The lowest BCUT2D eigenvalue weighted by atomic mass is 10.2. The van der Waals surface area contributed by atoms with Gasteiger partial charge in [0.25, 0.3) is 0 Å². The molecule has 1 aliphatic rings. The van der Waals surface area contributed by atoms with Gasteiger partial charge in [-0.3, -0.25) is 4.79 Å². The Balaban J connectivity index is 0.00000121. The first-order valence-corrected chi connectivity index (χ1v) is 3.74. The average molecular weight is 195 g/mol. The minimum Gasteiger partial charge on any atom is -0.392 e.